The maximum absolute atomic E-state index is 11.6. The van der Waals surface area contributed by atoms with Crippen LogP contribution in [-0.4, -0.2) is 38.7 Å². The smallest absolute Gasteiger partial charge is 0.269 e. The minimum Gasteiger partial charge on any atom is -0.351 e. The average Bonchev–Trinajstić information content (AvgIpc) is 2.26. The van der Waals surface area contributed by atoms with E-state index in [1.807, 2.05) is 13.0 Å². The molecular weight excluding hydrogens is 254 g/mol. The molecule has 0 fully saturated rings. The number of carbonyl (C=O) groups excluding carboxylic acids is 1. The van der Waals surface area contributed by atoms with E-state index in [9.17, 15) is 13.2 Å². The number of hydrogen-bond acceptors (Lipinski definition) is 4. The molecule has 0 bridgehead atoms. The van der Waals surface area contributed by atoms with Gasteiger partial charge < -0.3 is 5.32 Å². The standard InChI is InChI=1S/C11H17N3O3S/c1-9-5-3-6-10(14-9)11(15)12-7-4-8-13-18(2,16)17/h3,5-6,13H,4,7-8H2,1-2H3,(H,12,15). The molecule has 2 N–H and O–H groups in total. The number of rotatable bonds is 6. The molecule has 6 nitrogen and oxygen atoms in total. The van der Waals surface area contributed by atoms with E-state index in [4.69, 9.17) is 0 Å². The Hall–Kier alpha value is -1.47. The van der Waals surface area contributed by atoms with Gasteiger partial charge >= 0.3 is 0 Å². The fraction of sp³-hybridized carbons (Fsp3) is 0.455. The molecule has 100 valence electrons. The Labute approximate surface area is 107 Å². The van der Waals surface area contributed by atoms with Crippen molar-refractivity contribution in [2.45, 2.75) is 13.3 Å². The summed E-state index contributed by atoms with van der Waals surface area (Å²) in [5.41, 5.74) is 1.15. The van der Waals surface area contributed by atoms with Crippen molar-refractivity contribution in [1.29, 1.82) is 0 Å². The number of sulfonamides is 1. The lowest BCUT2D eigenvalue weighted by atomic mass is 10.3. The number of pyridine rings is 1. The third-order valence-electron chi connectivity index (χ3n) is 2.12. The Morgan fingerprint density at radius 3 is 2.67 bits per heavy atom. The van der Waals surface area contributed by atoms with Gasteiger partial charge in [0.05, 0.1) is 6.26 Å². The number of amides is 1. The van der Waals surface area contributed by atoms with Crippen molar-refractivity contribution in [2.24, 2.45) is 0 Å². The molecule has 0 aliphatic rings. The van der Waals surface area contributed by atoms with Crippen LogP contribution in [-0.2, 0) is 10.0 Å². The van der Waals surface area contributed by atoms with E-state index in [0.29, 0.717) is 25.2 Å². The predicted octanol–water partition coefficient (Wildman–Crippen LogP) is 0.0591. The molecule has 0 atom stereocenters. The summed E-state index contributed by atoms with van der Waals surface area (Å²) < 4.78 is 23.9. The van der Waals surface area contributed by atoms with E-state index in [2.05, 4.69) is 15.0 Å². The zero-order valence-corrected chi connectivity index (χ0v) is 11.3. The number of carbonyl (C=O) groups is 1. The molecule has 1 aromatic rings. The van der Waals surface area contributed by atoms with Gasteiger partial charge in [-0.2, -0.15) is 0 Å². The minimum absolute atomic E-state index is 0.252. The van der Waals surface area contributed by atoms with Crippen LogP contribution in [0.4, 0.5) is 0 Å². The molecule has 1 heterocycles. The Morgan fingerprint density at radius 2 is 2.06 bits per heavy atom. The van der Waals surface area contributed by atoms with Gasteiger partial charge in [0.15, 0.2) is 0 Å². The van der Waals surface area contributed by atoms with Crippen molar-refractivity contribution in [3.63, 3.8) is 0 Å². The first-order chi connectivity index (χ1) is 8.38. The lowest BCUT2D eigenvalue weighted by Crippen LogP contribution is -2.29. The SMILES string of the molecule is Cc1cccc(C(=O)NCCCNS(C)(=O)=O)n1. The molecule has 0 saturated carbocycles. The topological polar surface area (TPSA) is 88.2 Å². The fourth-order valence-electron chi connectivity index (χ4n) is 1.31. The first-order valence-electron chi connectivity index (χ1n) is 5.55. The van der Waals surface area contributed by atoms with E-state index in [0.717, 1.165) is 11.9 Å². The lowest BCUT2D eigenvalue weighted by Gasteiger charge is -2.05. The van der Waals surface area contributed by atoms with Crippen molar-refractivity contribution in [2.75, 3.05) is 19.3 Å². The van der Waals surface area contributed by atoms with Crippen LogP contribution in [0, 0.1) is 6.92 Å². The zero-order chi connectivity index (χ0) is 13.6. The van der Waals surface area contributed by atoms with E-state index >= 15 is 0 Å². The van der Waals surface area contributed by atoms with Crippen LogP contribution in [0.2, 0.25) is 0 Å². The molecular formula is C11H17N3O3S. The summed E-state index contributed by atoms with van der Waals surface area (Å²) in [5, 5.41) is 2.68. The normalized spacial score (nSPS) is 11.2. The predicted molar refractivity (Wildman–Crippen MR) is 68.8 cm³/mol. The molecule has 1 amide bonds. The molecule has 18 heavy (non-hydrogen) atoms. The summed E-state index contributed by atoms with van der Waals surface area (Å²) in [6.07, 6.45) is 1.63. The van der Waals surface area contributed by atoms with E-state index in [1.54, 1.807) is 12.1 Å². The van der Waals surface area contributed by atoms with Gasteiger partial charge in [-0.1, -0.05) is 6.07 Å². The molecule has 1 rings (SSSR count). The number of aromatic nitrogens is 1. The Morgan fingerprint density at radius 1 is 1.33 bits per heavy atom. The quantitative estimate of drug-likeness (QED) is 0.716. The molecule has 0 saturated heterocycles. The first-order valence-corrected chi connectivity index (χ1v) is 7.44. The van der Waals surface area contributed by atoms with Crippen molar-refractivity contribution in [3.05, 3.63) is 29.6 Å². The molecule has 0 unspecified atom stereocenters. The van der Waals surface area contributed by atoms with Crippen molar-refractivity contribution >= 4 is 15.9 Å². The van der Waals surface area contributed by atoms with Gasteiger partial charge in [0.1, 0.15) is 5.69 Å². The summed E-state index contributed by atoms with van der Waals surface area (Å²) >= 11 is 0. The number of nitrogens with zero attached hydrogens (tertiary/aromatic N) is 1. The lowest BCUT2D eigenvalue weighted by molar-refractivity contribution is 0.0948. The second-order valence-corrected chi connectivity index (χ2v) is 5.77. The van der Waals surface area contributed by atoms with Gasteiger partial charge in [0.2, 0.25) is 10.0 Å². The highest BCUT2D eigenvalue weighted by Crippen LogP contribution is 1.97. The highest BCUT2D eigenvalue weighted by Gasteiger charge is 2.06. The molecule has 0 radical (unpaired) electrons. The summed E-state index contributed by atoms with van der Waals surface area (Å²) in [6.45, 7) is 2.52. The Balaban J connectivity index is 2.30. The van der Waals surface area contributed by atoms with Gasteiger partial charge in [0.25, 0.3) is 5.91 Å². The summed E-state index contributed by atoms with van der Waals surface area (Å²) in [6, 6.07) is 5.21. The number of nitrogens with one attached hydrogen (secondary N) is 2. The third-order valence-corrected chi connectivity index (χ3v) is 2.85. The highest BCUT2D eigenvalue weighted by atomic mass is 32.2. The van der Waals surface area contributed by atoms with E-state index < -0.39 is 10.0 Å². The van der Waals surface area contributed by atoms with Crippen LogP contribution in [0.25, 0.3) is 0 Å². The number of hydrogen-bond donors (Lipinski definition) is 2. The summed E-state index contributed by atoms with van der Waals surface area (Å²) in [7, 11) is -3.16. The van der Waals surface area contributed by atoms with Crippen molar-refractivity contribution in [1.82, 2.24) is 15.0 Å². The second kappa shape index (κ2) is 6.46. The minimum atomic E-state index is -3.16. The maximum atomic E-state index is 11.6. The van der Waals surface area contributed by atoms with Crippen molar-refractivity contribution in [3.8, 4) is 0 Å². The number of aryl methyl sites for hydroxylation is 1. The Bertz CT molecular complexity index is 514. The maximum Gasteiger partial charge on any atom is 0.269 e. The first kappa shape index (κ1) is 14.6. The van der Waals surface area contributed by atoms with Crippen LogP contribution < -0.4 is 10.0 Å². The largest absolute Gasteiger partial charge is 0.351 e. The van der Waals surface area contributed by atoms with Gasteiger partial charge in [-0.05, 0) is 25.5 Å². The molecule has 0 aliphatic heterocycles. The molecule has 7 heteroatoms. The third kappa shape index (κ3) is 5.74. The van der Waals surface area contributed by atoms with Gasteiger partial charge in [-0.15, -0.1) is 0 Å². The van der Waals surface area contributed by atoms with Crippen LogP contribution in [0.1, 0.15) is 22.6 Å². The monoisotopic (exact) mass is 271 g/mol. The van der Waals surface area contributed by atoms with E-state index in [1.165, 1.54) is 0 Å². The van der Waals surface area contributed by atoms with Gasteiger partial charge in [-0.25, -0.2) is 18.1 Å². The van der Waals surface area contributed by atoms with Crippen LogP contribution in [0.3, 0.4) is 0 Å². The fourth-order valence-corrected chi connectivity index (χ4v) is 1.82. The highest BCUT2D eigenvalue weighted by molar-refractivity contribution is 7.88. The van der Waals surface area contributed by atoms with Crippen LogP contribution >= 0.6 is 0 Å². The van der Waals surface area contributed by atoms with Gasteiger partial charge in [-0.3, -0.25) is 4.79 Å². The van der Waals surface area contributed by atoms with Crippen molar-refractivity contribution < 1.29 is 13.2 Å². The molecule has 0 spiro atoms. The molecule has 0 aromatic carbocycles. The van der Waals surface area contributed by atoms with Crippen LogP contribution in [0.15, 0.2) is 18.2 Å². The Kier molecular flexibility index (Phi) is 5.24. The zero-order valence-electron chi connectivity index (χ0n) is 10.4. The van der Waals surface area contributed by atoms with Gasteiger partial charge in [0, 0.05) is 18.8 Å². The summed E-state index contributed by atoms with van der Waals surface area (Å²) in [4.78, 5) is 15.7. The van der Waals surface area contributed by atoms with Crippen LogP contribution in [0.5, 0.6) is 0 Å². The second-order valence-electron chi connectivity index (χ2n) is 3.94. The van der Waals surface area contributed by atoms with E-state index in [-0.39, 0.29) is 5.91 Å². The average molecular weight is 271 g/mol. The summed E-state index contributed by atoms with van der Waals surface area (Å²) in [5.74, 6) is -0.252. The molecule has 0 aliphatic carbocycles. The molecule has 1 aromatic heterocycles.